The number of benzene rings is 1. The van der Waals surface area contributed by atoms with Crippen LogP contribution in [0.4, 0.5) is 0 Å². The number of sulfone groups is 1. The lowest BCUT2D eigenvalue weighted by molar-refractivity contribution is 0.601. The Bertz CT molecular complexity index is 442. The number of hydrogen-bond acceptors (Lipinski definition) is 2. The van der Waals surface area contributed by atoms with Crippen LogP contribution >= 0.6 is 39.1 Å². The normalized spacial score (nSPS) is 11.7. The van der Waals surface area contributed by atoms with Gasteiger partial charge >= 0.3 is 0 Å². The lowest BCUT2D eigenvalue weighted by Gasteiger charge is -2.03. The van der Waals surface area contributed by atoms with Crippen LogP contribution in [-0.2, 0) is 9.84 Å². The zero-order valence-corrected chi connectivity index (χ0v) is 10.4. The van der Waals surface area contributed by atoms with Gasteiger partial charge in [0.25, 0.3) is 0 Å². The molecule has 0 fully saturated rings. The molecule has 0 saturated heterocycles. The Hall–Kier alpha value is 0.230. The molecule has 0 aliphatic heterocycles. The fourth-order valence-corrected chi connectivity index (χ4v) is 3.28. The summed E-state index contributed by atoms with van der Waals surface area (Å²) < 4.78 is 22.8. The van der Waals surface area contributed by atoms with E-state index in [-0.39, 0.29) is 9.92 Å². The summed E-state index contributed by atoms with van der Waals surface area (Å²) in [6, 6.07) is 2.78. The third kappa shape index (κ3) is 2.59. The first-order chi connectivity index (χ1) is 5.82. The van der Waals surface area contributed by atoms with Crippen molar-refractivity contribution in [3.8, 4) is 0 Å². The van der Waals surface area contributed by atoms with E-state index >= 15 is 0 Å². The molecule has 0 spiro atoms. The van der Waals surface area contributed by atoms with Crippen molar-refractivity contribution in [3.63, 3.8) is 0 Å². The van der Waals surface area contributed by atoms with Gasteiger partial charge in [-0.3, -0.25) is 0 Å². The van der Waals surface area contributed by atoms with Crippen molar-refractivity contribution in [2.45, 2.75) is 4.90 Å². The first kappa shape index (κ1) is 11.3. The summed E-state index contributed by atoms with van der Waals surface area (Å²) in [6.45, 7) is 0. The lowest BCUT2D eigenvalue weighted by atomic mass is 10.4. The maximum Gasteiger partial charge on any atom is 0.176 e. The second kappa shape index (κ2) is 3.77. The Labute approximate surface area is 94.9 Å². The molecule has 0 bridgehead atoms. The molecule has 0 N–H and O–H groups in total. The van der Waals surface area contributed by atoms with Gasteiger partial charge in [-0.25, -0.2) is 8.42 Å². The predicted molar refractivity (Wildman–Crippen MR) is 57.3 cm³/mol. The molecular formula is C7H5BrCl2O2S. The van der Waals surface area contributed by atoms with Crippen LogP contribution < -0.4 is 0 Å². The highest BCUT2D eigenvalue weighted by Crippen LogP contribution is 2.31. The molecule has 1 rings (SSSR count). The van der Waals surface area contributed by atoms with Gasteiger partial charge in [-0.15, -0.1) is 0 Å². The molecule has 2 nitrogen and oxygen atoms in total. The minimum atomic E-state index is -3.26. The van der Waals surface area contributed by atoms with E-state index in [1.807, 2.05) is 0 Å². The molecule has 0 radical (unpaired) electrons. The van der Waals surface area contributed by atoms with Crippen molar-refractivity contribution < 1.29 is 8.42 Å². The molecule has 0 aliphatic rings. The van der Waals surface area contributed by atoms with Gasteiger partial charge in [-0.2, -0.15) is 0 Å². The highest BCUT2D eigenvalue weighted by Gasteiger charge is 2.14. The third-order valence-corrected chi connectivity index (χ3v) is 4.15. The Morgan fingerprint density at radius 2 is 1.69 bits per heavy atom. The maximum absolute atomic E-state index is 11.2. The summed E-state index contributed by atoms with van der Waals surface area (Å²) >= 11 is 14.4. The monoisotopic (exact) mass is 302 g/mol. The van der Waals surface area contributed by atoms with Crippen molar-refractivity contribution in [2.75, 3.05) is 6.26 Å². The zero-order valence-electron chi connectivity index (χ0n) is 6.51. The van der Waals surface area contributed by atoms with Gasteiger partial charge in [0.15, 0.2) is 9.84 Å². The topological polar surface area (TPSA) is 34.1 Å². The lowest BCUT2D eigenvalue weighted by Crippen LogP contribution is -1.98. The van der Waals surface area contributed by atoms with E-state index in [4.69, 9.17) is 23.2 Å². The first-order valence-electron chi connectivity index (χ1n) is 3.17. The van der Waals surface area contributed by atoms with Crippen LogP contribution in [0, 0.1) is 0 Å². The van der Waals surface area contributed by atoms with E-state index in [0.717, 1.165) is 6.26 Å². The Kier molecular flexibility index (Phi) is 3.28. The van der Waals surface area contributed by atoms with Crippen molar-refractivity contribution in [1.82, 2.24) is 0 Å². The molecule has 0 unspecified atom stereocenters. The van der Waals surface area contributed by atoms with Crippen molar-refractivity contribution in [3.05, 3.63) is 26.7 Å². The molecule has 13 heavy (non-hydrogen) atoms. The van der Waals surface area contributed by atoms with Crippen LogP contribution in [0.15, 0.2) is 21.5 Å². The van der Waals surface area contributed by atoms with Crippen LogP contribution in [-0.4, -0.2) is 14.7 Å². The predicted octanol–water partition coefficient (Wildman–Crippen LogP) is 3.16. The summed E-state index contributed by atoms with van der Waals surface area (Å²) in [6.07, 6.45) is 1.11. The fourth-order valence-electron chi connectivity index (χ4n) is 0.788. The maximum atomic E-state index is 11.2. The average molecular weight is 304 g/mol. The minimum absolute atomic E-state index is 0.141. The Balaban J connectivity index is 3.50. The number of hydrogen-bond donors (Lipinski definition) is 0. The molecule has 0 aliphatic carbocycles. The van der Waals surface area contributed by atoms with Gasteiger partial charge in [0, 0.05) is 10.7 Å². The molecule has 1 aromatic rings. The summed E-state index contributed by atoms with van der Waals surface area (Å²) in [5.74, 6) is 0. The van der Waals surface area contributed by atoms with E-state index in [2.05, 4.69) is 15.9 Å². The smallest absolute Gasteiger partial charge is 0.176 e. The largest absolute Gasteiger partial charge is 0.224 e. The third-order valence-electron chi connectivity index (χ3n) is 1.37. The van der Waals surface area contributed by atoms with E-state index in [9.17, 15) is 8.42 Å². The van der Waals surface area contributed by atoms with Crippen molar-refractivity contribution in [2.24, 2.45) is 0 Å². The van der Waals surface area contributed by atoms with E-state index in [1.54, 1.807) is 0 Å². The van der Waals surface area contributed by atoms with Crippen LogP contribution in [0.5, 0.6) is 0 Å². The Morgan fingerprint density at radius 3 is 2.15 bits per heavy atom. The summed E-state index contributed by atoms with van der Waals surface area (Å²) in [5, 5.41) is 0.547. The first-order valence-corrected chi connectivity index (χ1v) is 6.61. The molecule has 0 atom stereocenters. The molecule has 0 heterocycles. The van der Waals surface area contributed by atoms with Crippen LogP contribution in [0.1, 0.15) is 0 Å². The molecule has 0 aromatic heterocycles. The molecule has 1 aromatic carbocycles. The molecule has 72 valence electrons. The minimum Gasteiger partial charge on any atom is -0.224 e. The average Bonchev–Trinajstić information content (AvgIpc) is 1.94. The number of halogens is 3. The van der Waals surface area contributed by atoms with E-state index in [0.29, 0.717) is 9.50 Å². The summed E-state index contributed by atoms with van der Waals surface area (Å²) in [4.78, 5) is 0.141. The summed E-state index contributed by atoms with van der Waals surface area (Å²) in [5.41, 5.74) is 0. The van der Waals surface area contributed by atoms with Crippen LogP contribution in [0.25, 0.3) is 0 Å². The van der Waals surface area contributed by atoms with E-state index in [1.165, 1.54) is 12.1 Å². The van der Waals surface area contributed by atoms with Crippen molar-refractivity contribution >= 4 is 49.0 Å². The van der Waals surface area contributed by atoms with Gasteiger partial charge in [-0.05, 0) is 28.1 Å². The highest BCUT2D eigenvalue weighted by molar-refractivity contribution is 9.10. The highest BCUT2D eigenvalue weighted by atomic mass is 79.9. The van der Waals surface area contributed by atoms with Crippen LogP contribution in [0.3, 0.4) is 0 Å². The van der Waals surface area contributed by atoms with Crippen LogP contribution in [0.2, 0.25) is 10.0 Å². The zero-order chi connectivity index (χ0) is 10.2. The SMILES string of the molecule is CS(=O)(=O)c1cc(Cl)c(Cl)cc1Br. The standard InChI is InChI=1S/C7H5BrCl2O2S/c1-13(11,12)7-3-6(10)5(9)2-4(7)8/h2-3H,1H3. The van der Waals surface area contributed by atoms with Gasteiger partial charge < -0.3 is 0 Å². The van der Waals surface area contributed by atoms with Gasteiger partial charge in [0.2, 0.25) is 0 Å². The van der Waals surface area contributed by atoms with Gasteiger partial charge in [0.05, 0.1) is 14.9 Å². The second-order valence-electron chi connectivity index (χ2n) is 2.47. The molecule has 0 saturated carbocycles. The molecular weight excluding hydrogens is 299 g/mol. The fraction of sp³-hybridized carbons (Fsp3) is 0.143. The molecule has 6 heteroatoms. The quantitative estimate of drug-likeness (QED) is 0.747. The van der Waals surface area contributed by atoms with Gasteiger partial charge in [0.1, 0.15) is 0 Å². The summed E-state index contributed by atoms with van der Waals surface area (Å²) in [7, 11) is -3.26. The van der Waals surface area contributed by atoms with Gasteiger partial charge in [-0.1, -0.05) is 23.2 Å². The molecule has 0 amide bonds. The second-order valence-corrected chi connectivity index (χ2v) is 6.12. The number of rotatable bonds is 1. The Morgan fingerprint density at radius 1 is 1.23 bits per heavy atom. The van der Waals surface area contributed by atoms with Crippen molar-refractivity contribution in [1.29, 1.82) is 0 Å². The van der Waals surface area contributed by atoms with E-state index < -0.39 is 9.84 Å².